The second-order valence-electron chi connectivity index (χ2n) is 14.3. The Morgan fingerprint density at radius 2 is 0.860 bits per heavy atom. The van der Waals surface area contributed by atoms with Crippen molar-refractivity contribution in [1.82, 2.24) is 0 Å². The fourth-order valence-electron chi connectivity index (χ4n) is 5.32. The standard InChI is InChI=1S/C22H23N.C12H10ClN.C10H15BO2/c1-22(2,3)19-12-9-16(10-13-19)18-11-14-21(23)20(15-18)17-7-5-4-6-8-17;13-10-6-7-12(14)11(8-10)9-4-2-1-3-5-9;1-10(2,3)8-4-6-9(7-5-8)11(12)13/h4-15H,23H2,1-3H3;1-8H,14H2;4-7,12-13H,1-3H3. The van der Waals surface area contributed by atoms with Crippen LogP contribution in [0.4, 0.5) is 11.4 Å². The molecule has 0 radical (unpaired) electrons. The monoisotopic (exact) mass is 682 g/mol. The van der Waals surface area contributed by atoms with Crippen LogP contribution >= 0.6 is 11.6 Å². The fourth-order valence-corrected chi connectivity index (χ4v) is 5.49. The molecule has 0 aliphatic rings. The first-order valence-corrected chi connectivity index (χ1v) is 17.1. The predicted octanol–water partition coefficient (Wildman–Crippen LogP) is 10.2. The summed E-state index contributed by atoms with van der Waals surface area (Å²) in [7, 11) is -1.37. The molecule has 0 fully saturated rings. The topological polar surface area (TPSA) is 92.5 Å². The van der Waals surface area contributed by atoms with Crippen LogP contribution < -0.4 is 16.9 Å². The number of nitrogen functional groups attached to an aromatic ring is 2. The molecule has 6 N–H and O–H groups in total. The Labute approximate surface area is 303 Å². The van der Waals surface area contributed by atoms with E-state index in [1.54, 1.807) is 18.2 Å². The summed E-state index contributed by atoms with van der Waals surface area (Å²) in [6, 6.07) is 48.2. The molecule has 0 saturated carbocycles. The largest absolute Gasteiger partial charge is 0.488 e. The van der Waals surface area contributed by atoms with Crippen LogP contribution in [0.15, 0.2) is 146 Å². The summed E-state index contributed by atoms with van der Waals surface area (Å²) >= 11 is 5.91. The van der Waals surface area contributed by atoms with Crippen molar-refractivity contribution in [3.05, 3.63) is 162 Å². The number of nitrogens with two attached hydrogens (primary N) is 2. The van der Waals surface area contributed by atoms with Gasteiger partial charge in [-0.05, 0) is 80.0 Å². The van der Waals surface area contributed by atoms with Crippen LogP contribution in [0.1, 0.15) is 52.7 Å². The summed E-state index contributed by atoms with van der Waals surface area (Å²) in [5.41, 5.74) is 23.7. The third-order valence-electron chi connectivity index (χ3n) is 8.40. The quantitative estimate of drug-likeness (QED) is 0.110. The van der Waals surface area contributed by atoms with Crippen LogP contribution in [-0.4, -0.2) is 17.2 Å². The van der Waals surface area contributed by atoms with Crippen molar-refractivity contribution in [1.29, 1.82) is 0 Å². The molecule has 6 rings (SSSR count). The number of hydrogen-bond acceptors (Lipinski definition) is 4. The average molecular weight is 683 g/mol. The highest BCUT2D eigenvalue weighted by Gasteiger charge is 2.16. The summed E-state index contributed by atoms with van der Waals surface area (Å²) in [6.07, 6.45) is 0. The van der Waals surface area contributed by atoms with E-state index < -0.39 is 7.12 Å². The molecule has 0 spiro atoms. The minimum absolute atomic E-state index is 0.110. The Morgan fingerprint density at radius 1 is 0.460 bits per heavy atom. The first-order valence-electron chi connectivity index (χ1n) is 16.8. The van der Waals surface area contributed by atoms with Gasteiger partial charge in [0.1, 0.15) is 0 Å². The zero-order chi connectivity index (χ0) is 36.5. The molecule has 4 nitrogen and oxygen atoms in total. The molecular weight excluding hydrogens is 635 g/mol. The number of benzene rings is 6. The molecule has 0 saturated heterocycles. The van der Waals surface area contributed by atoms with Crippen molar-refractivity contribution in [2.24, 2.45) is 0 Å². The predicted molar refractivity (Wildman–Crippen MR) is 217 cm³/mol. The van der Waals surface area contributed by atoms with E-state index in [-0.39, 0.29) is 10.8 Å². The lowest BCUT2D eigenvalue weighted by atomic mass is 9.78. The smallest absolute Gasteiger partial charge is 0.423 e. The van der Waals surface area contributed by atoms with Crippen molar-refractivity contribution in [3.63, 3.8) is 0 Å². The van der Waals surface area contributed by atoms with Gasteiger partial charge in [-0.1, -0.05) is 168 Å². The SMILES string of the molecule is CC(C)(C)c1ccc(-c2ccc(N)c(-c3ccccc3)c2)cc1.CC(C)(C)c1ccc(B(O)O)cc1.Nc1ccc(Cl)cc1-c1ccccc1. The normalized spacial score (nSPS) is 11.1. The van der Waals surface area contributed by atoms with Gasteiger partial charge >= 0.3 is 7.12 Å². The first kappa shape index (κ1) is 38.0. The van der Waals surface area contributed by atoms with E-state index in [1.165, 1.54) is 22.3 Å². The zero-order valence-corrected chi connectivity index (χ0v) is 30.6. The van der Waals surface area contributed by atoms with Gasteiger partial charge in [0.25, 0.3) is 0 Å². The zero-order valence-electron chi connectivity index (χ0n) is 29.9. The molecule has 0 bridgehead atoms. The molecule has 50 heavy (non-hydrogen) atoms. The van der Waals surface area contributed by atoms with Gasteiger partial charge in [-0.3, -0.25) is 0 Å². The van der Waals surface area contributed by atoms with Gasteiger partial charge in [0.05, 0.1) is 0 Å². The highest BCUT2D eigenvalue weighted by atomic mass is 35.5. The lowest BCUT2D eigenvalue weighted by Crippen LogP contribution is -2.29. The Hall–Kier alpha value is -4.81. The Bertz CT molecular complexity index is 1950. The molecule has 0 aliphatic carbocycles. The second kappa shape index (κ2) is 16.7. The molecule has 0 aromatic heterocycles. The molecule has 0 aliphatic heterocycles. The van der Waals surface area contributed by atoms with E-state index in [0.717, 1.165) is 33.6 Å². The van der Waals surface area contributed by atoms with Gasteiger partial charge in [0.2, 0.25) is 0 Å². The molecule has 0 unspecified atom stereocenters. The van der Waals surface area contributed by atoms with Gasteiger partial charge in [-0.25, -0.2) is 0 Å². The maximum atomic E-state index is 8.87. The van der Waals surface area contributed by atoms with Crippen molar-refractivity contribution in [2.75, 3.05) is 11.5 Å². The van der Waals surface area contributed by atoms with Gasteiger partial charge in [0.15, 0.2) is 0 Å². The summed E-state index contributed by atoms with van der Waals surface area (Å²) in [5.74, 6) is 0. The van der Waals surface area contributed by atoms with Crippen LogP contribution in [0.2, 0.25) is 5.02 Å². The van der Waals surface area contributed by atoms with Gasteiger partial charge in [0, 0.05) is 27.5 Å². The molecule has 256 valence electrons. The second-order valence-corrected chi connectivity index (χ2v) is 14.8. The van der Waals surface area contributed by atoms with E-state index >= 15 is 0 Å². The Balaban J connectivity index is 0.000000180. The molecule has 0 amide bonds. The van der Waals surface area contributed by atoms with Gasteiger partial charge in [-0.2, -0.15) is 0 Å². The van der Waals surface area contributed by atoms with Crippen molar-refractivity contribution in [3.8, 4) is 33.4 Å². The van der Waals surface area contributed by atoms with Gasteiger partial charge < -0.3 is 21.5 Å². The molecule has 0 atom stereocenters. The third kappa shape index (κ3) is 10.6. The minimum Gasteiger partial charge on any atom is -0.423 e. The fraction of sp³-hybridized carbons (Fsp3) is 0.182. The van der Waals surface area contributed by atoms with E-state index in [2.05, 4.69) is 90.1 Å². The molecular formula is C44H48BClN2O2. The van der Waals surface area contributed by atoms with E-state index in [0.29, 0.717) is 10.5 Å². The highest BCUT2D eigenvalue weighted by molar-refractivity contribution is 6.58. The van der Waals surface area contributed by atoms with E-state index in [1.807, 2.05) is 78.9 Å². The average Bonchev–Trinajstić information content (AvgIpc) is 3.10. The van der Waals surface area contributed by atoms with Crippen LogP contribution in [0.5, 0.6) is 0 Å². The maximum Gasteiger partial charge on any atom is 0.488 e. The van der Waals surface area contributed by atoms with Crippen molar-refractivity contribution < 1.29 is 10.0 Å². The summed E-state index contributed by atoms with van der Waals surface area (Å²) < 4.78 is 0. The van der Waals surface area contributed by atoms with Gasteiger partial charge in [-0.15, -0.1) is 0 Å². The molecule has 6 aromatic rings. The number of hydrogen-bond donors (Lipinski definition) is 4. The maximum absolute atomic E-state index is 8.87. The van der Waals surface area contributed by atoms with Crippen molar-refractivity contribution >= 4 is 35.6 Å². The highest BCUT2D eigenvalue weighted by Crippen LogP contribution is 2.33. The van der Waals surface area contributed by atoms with Crippen LogP contribution in [-0.2, 0) is 10.8 Å². The molecule has 0 heterocycles. The summed E-state index contributed by atoms with van der Waals surface area (Å²) in [6.45, 7) is 13.1. The van der Waals surface area contributed by atoms with Crippen LogP contribution in [0.3, 0.4) is 0 Å². The van der Waals surface area contributed by atoms with Crippen LogP contribution in [0, 0.1) is 0 Å². The third-order valence-corrected chi connectivity index (χ3v) is 8.63. The summed E-state index contributed by atoms with van der Waals surface area (Å²) in [4.78, 5) is 0. The van der Waals surface area contributed by atoms with E-state index in [9.17, 15) is 0 Å². The van der Waals surface area contributed by atoms with Crippen LogP contribution in [0.25, 0.3) is 33.4 Å². The number of halogens is 1. The number of anilines is 2. The Morgan fingerprint density at radius 3 is 1.30 bits per heavy atom. The minimum atomic E-state index is -1.37. The Kier molecular flexibility index (Phi) is 12.7. The summed E-state index contributed by atoms with van der Waals surface area (Å²) in [5, 5.41) is 18.5. The molecule has 6 heteroatoms. The van der Waals surface area contributed by atoms with Crippen molar-refractivity contribution in [2.45, 2.75) is 52.4 Å². The van der Waals surface area contributed by atoms with E-state index in [4.69, 9.17) is 33.1 Å². The lowest BCUT2D eigenvalue weighted by Gasteiger charge is -2.19. The molecule has 6 aromatic carbocycles. The first-order chi connectivity index (χ1) is 23.6. The number of rotatable bonds is 4. The lowest BCUT2D eigenvalue weighted by molar-refractivity contribution is 0.425.